The number of nitrogens with one attached hydrogen (secondary N) is 1. The number of carbonyl (C=O) groups excluding carboxylic acids is 2. The van der Waals surface area contributed by atoms with Gasteiger partial charge in [0.2, 0.25) is 11.8 Å². The van der Waals surface area contributed by atoms with Crippen molar-refractivity contribution in [1.29, 1.82) is 0 Å². The molecule has 0 radical (unpaired) electrons. The Morgan fingerprint density at radius 3 is 2.14 bits per heavy atom. The average Bonchev–Trinajstić information content (AvgIpc) is 2.90. The van der Waals surface area contributed by atoms with Crippen molar-refractivity contribution in [3.63, 3.8) is 0 Å². The quantitative estimate of drug-likeness (QED) is 0.428. The summed E-state index contributed by atoms with van der Waals surface area (Å²) in [6.45, 7) is 3.55. The van der Waals surface area contributed by atoms with Gasteiger partial charge in [-0.3, -0.25) is 13.9 Å². The van der Waals surface area contributed by atoms with E-state index >= 15 is 0 Å². The van der Waals surface area contributed by atoms with Crippen molar-refractivity contribution < 1.29 is 18.0 Å². The fourth-order valence-electron chi connectivity index (χ4n) is 4.09. The van der Waals surface area contributed by atoms with Crippen molar-refractivity contribution in [1.82, 2.24) is 10.2 Å². The number of aryl methyl sites for hydroxylation is 1. The van der Waals surface area contributed by atoms with Crippen LogP contribution in [-0.2, 0) is 26.0 Å². The van der Waals surface area contributed by atoms with Crippen molar-refractivity contribution in [2.24, 2.45) is 0 Å². The molecular weight excluding hydrogens is 474 g/mol. The molecule has 190 valence electrons. The first kappa shape index (κ1) is 26.9. The SMILES string of the molecule is CC[C@H](C(=O)NC)N(CCc1ccccc1)C(=O)CN(c1cccc(C)c1)S(=O)(=O)c1ccccc1. The molecule has 3 aromatic rings. The molecule has 36 heavy (non-hydrogen) atoms. The van der Waals surface area contributed by atoms with Gasteiger partial charge in [0.25, 0.3) is 10.0 Å². The Bertz CT molecular complexity index is 1260. The van der Waals surface area contributed by atoms with Crippen LogP contribution in [0.15, 0.2) is 89.8 Å². The smallest absolute Gasteiger partial charge is 0.264 e. The number of likely N-dealkylation sites (N-methyl/N-ethyl adjacent to an activating group) is 1. The normalized spacial score (nSPS) is 12.0. The molecule has 1 atom stereocenters. The summed E-state index contributed by atoms with van der Waals surface area (Å²) in [5, 5.41) is 2.63. The summed E-state index contributed by atoms with van der Waals surface area (Å²) in [5.41, 5.74) is 2.28. The van der Waals surface area contributed by atoms with Crippen LogP contribution in [0.3, 0.4) is 0 Å². The number of carbonyl (C=O) groups is 2. The van der Waals surface area contributed by atoms with E-state index in [4.69, 9.17) is 0 Å². The second-order valence-corrected chi connectivity index (χ2v) is 10.4. The maximum absolute atomic E-state index is 13.8. The lowest BCUT2D eigenvalue weighted by atomic mass is 10.1. The first-order valence-corrected chi connectivity index (χ1v) is 13.4. The highest BCUT2D eigenvalue weighted by molar-refractivity contribution is 7.92. The lowest BCUT2D eigenvalue weighted by Crippen LogP contribution is -2.52. The molecule has 7 nitrogen and oxygen atoms in total. The molecule has 3 aromatic carbocycles. The monoisotopic (exact) mass is 507 g/mol. The molecule has 2 amide bonds. The molecule has 0 saturated carbocycles. The molecular formula is C28H33N3O4S. The molecule has 0 spiro atoms. The zero-order valence-corrected chi connectivity index (χ0v) is 21.7. The molecule has 0 aliphatic rings. The summed E-state index contributed by atoms with van der Waals surface area (Å²) in [6.07, 6.45) is 0.937. The Hall–Kier alpha value is -3.65. The third-order valence-electron chi connectivity index (χ3n) is 6.02. The predicted molar refractivity (Wildman–Crippen MR) is 142 cm³/mol. The highest BCUT2D eigenvalue weighted by Crippen LogP contribution is 2.25. The van der Waals surface area contributed by atoms with E-state index in [2.05, 4.69) is 5.32 Å². The predicted octanol–water partition coefficient (Wildman–Crippen LogP) is 3.79. The van der Waals surface area contributed by atoms with Crippen molar-refractivity contribution in [2.45, 2.75) is 37.6 Å². The fourth-order valence-corrected chi connectivity index (χ4v) is 5.52. The maximum Gasteiger partial charge on any atom is 0.264 e. The van der Waals surface area contributed by atoms with Crippen LogP contribution in [0.5, 0.6) is 0 Å². The highest BCUT2D eigenvalue weighted by Gasteiger charge is 2.33. The average molecular weight is 508 g/mol. The van der Waals surface area contributed by atoms with E-state index in [0.717, 1.165) is 15.4 Å². The van der Waals surface area contributed by atoms with E-state index < -0.39 is 28.5 Å². The highest BCUT2D eigenvalue weighted by atomic mass is 32.2. The van der Waals surface area contributed by atoms with Crippen LogP contribution >= 0.6 is 0 Å². The molecule has 0 aliphatic carbocycles. The minimum absolute atomic E-state index is 0.0912. The molecule has 0 saturated heterocycles. The minimum Gasteiger partial charge on any atom is -0.357 e. The van der Waals surface area contributed by atoms with E-state index in [1.54, 1.807) is 36.4 Å². The zero-order chi connectivity index (χ0) is 26.1. The third kappa shape index (κ3) is 6.51. The van der Waals surface area contributed by atoms with E-state index in [1.165, 1.54) is 24.1 Å². The summed E-state index contributed by atoms with van der Waals surface area (Å²) in [6, 6.07) is 24.0. The standard InChI is InChI=1S/C28H33N3O4S/c1-4-26(28(33)29-3)30(19-18-23-13-7-5-8-14-23)27(32)21-31(24-15-11-12-22(2)20-24)36(34,35)25-16-9-6-10-17-25/h5-17,20,26H,4,18-19,21H2,1-3H3,(H,29,33)/t26-/m1/s1. The number of anilines is 1. The van der Waals surface area contributed by atoms with Crippen LogP contribution < -0.4 is 9.62 Å². The number of hydrogen-bond acceptors (Lipinski definition) is 4. The number of rotatable bonds is 11. The summed E-state index contributed by atoms with van der Waals surface area (Å²) >= 11 is 0. The van der Waals surface area contributed by atoms with Gasteiger partial charge in [0.15, 0.2) is 0 Å². The zero-order valence-electron chi connectivity index (χ0n) is 20.9. The fraction of sp³-hybridized carbons (Fsp3) is 0.286. The Labute approximate surface area is 213 Å². The van der Waals surface area contributed by atoms with Crippen molar-refractivity contribution in [3.05, 3.63) is 96.1 Å². The van der Waals surface area contributed by atoms with Crippen LogP contribution in [0.2, 0.25) is 0 Å². The van der Waals surface area contributed by atoms with Crippen molar-refractivity contribution in [3.8, 4) is 0 Å². The van der Waals surface area contributed by atoms with Crippen LogP contribution in [0.1, 0.15) is 24.5 Å². The maximum atomic E-state index is 13.8. The van der Waals surface area contributed by atoms with Gasteiger partial charge in [0.05, 0.1) is 10.6 Å². The van der Waals surface area contributed by atoms with Gasteiger partial charge < -0.3 is 10.2 Å². The number of benzene rings is 3. The van der Waals surface area contributed by atoms with Gasteiger partial charge in [-0.05, 0) is 55.2 Å². The largest absolute Gasteiger partial charge is 0.357 e. The van der Waals surface area contributed by atoms with Crippen LogP contribution in [-0.4, -0.2) is 51.3 Å². The molecule has 3 rings (SSSR count). The number of amides is 2. The van der Waals surface area contributed by atoms with Crippen molar-refractivity contribution in [2.75, 3.05) is 24.4 Å². The van der Waals surface area contributed by atoms with Crippen molar-refractivity contribution >= 4 is 27.5 Å². The molecule has 0 fully saturated rings. The minimum atomic E-state index is -4.04. The number of nitrogens with zero attached hydrogens (tertiary/aromatic N) is 2. The van der Waals surface area contributed by atoms with Gasteiger partial charge >= 0.3 is 0 Å². The van der Waals surface area contributed by atoms with Gasteiger partial charge in [0.1, 0.15) is 12.6 Å². The first-order valence-electron chi connectivity index (χ1n) is 12.0. The van der Waals surface area contributed by atoms with E-state index in [1.807, 2.05) is 50.2 Å². The van der Waals surface area contributed by atoms with Gasteiger partial charge in [-0.1, -0.05) is 67.6 Å². The Morgan fingerprint density at radius 2 is 1.56 bits per heavy atom. The molecule has 0 aromatic heterocycles. The molecule has 0 aliphatic heterocycles. The molecule has 8 heteroatoms. The summed E-state index contributed by atoms with van der Waals surface area (Å²) in [4.78, 5) is 28.0. The Morgan fingerprint density at radius 1 is 0.917 bits per heavy atom. The summed E-state index contributed by atoms with van der Waals surface area (Å²) in [7, 11) is -2.51. The van der Waals surface area contributed by atoms with Gasteiger partial charge in [-0.2, -0.15) is 0 Å². The molecule has 0 heterocycles. The molecule has 1 N–H and O–H groups in total. The Kier molecular flexibility index (Phi) is 9.25. The lowest BCUT2D eigenvalue weighted by Gasteiger charge is -2.33. The second kappa shape index (κ2) is 12.4. The third-order valence-corrected chi connectivity index (χ3v) is 7.80. The van der Waals surface area contributed by atoms with Crippen LogP contribution in [0.25, 0.3) is 0 Å². The van der Waals surface area contributed by atoms with Gasteiger partial charge in [-0.25, -0.2) is 8.42 Å². The van der Waals surface area contributed by atoms with Gasteiger partial charge in [-0.15, -0.1) is 0 Å². The summed E-state index contributed by atoms with van der Waals surface area (Å²) in [5.74, 6) is -0.727. The first-order chi connectivity index (χ1) is 17.3. The van der Waals surface area contributed by atoms with E-state index in [9.17, 15) is 18.0 Å². The second-order valence-electron chi connectivity index (χ2n) is 8.52. The summed E-state index contributed by atoms with van der Waals surface area (Å²) < 4.78 is 28.5. The van der Waals surface area contributed by atoms with E-state index in [0.29, 0.717) is 18.5 Å². The Balaban J connectivity index is 1.99. The number of sulfonamides is 1. The van der Waals surface area contributed by atoms with E-state index in [-0.39, 0.29) is 17.3 Å². The lowest BCUT2D eigenvalue weighted by molar-refractivity contribution is -0.139. The van der Waals surface area contributed by atoms with Gasteiger partial charge in [0, 0.05) is 13.6 Å². The van der Waals surface area contributed by atoms with Crippen LogP contribution in [0.4, 0.5) is 5.69 Å². The number of hydrogen-bond donors (Lipinski definition) is 1. The molecule has 0 unspecified atom stereocenters. The van der Waals surface area contributed by atoms with Crippen LogP contribution in [0, 0.1) is 6.92 Å². The molecule has 0 bridgehead atoms. The topological polar surface area (TPSA) is 86.8 Å².